The summed E-state index contributed by atoms with van der Waals surface area (Å²) in [6, 6.07) is 18.0. The van der Waals surface area contributed by atoms with Gasteiger partial charge in [0.25, 0.3) is 0 Å². The van der Waals surface area contributed by atoms with E-state index in [4.69, 9.17) is 0 Å². The number of carbonyl (C=O) groups is 1. The second-order valence-corrected chi connectivity index (χ2v) is 5.80. The lowest BCUT2D eigenvalue weighted by molar-refractivity contribution is -0.117. The SMILES string of the molecule is CCC(C(=O)Nc1ccc(CN(C)C)cc1)c1ccccc1. The third kappa shape index (κ3) is 4.43. The molecule has 1 N–H and O–H groups in total. The molecule has 2 aromatic carbocycles. The minimum atomic E-state index is -0.109. The zero-order valence-corrected chi connectivity index (χ0v) is 13.5. The van der Waals surface area contributed by atoms with Crippen molar-refractivity contribution in [3.63, 3.8) is 0 Å². The van der Waals surface area contributed by atoms with Crippen molar-refractivity contribution in [2.24, 2.45) is 0 Å². The highest BCUT2D eigenvalue weighted by Gasteiger charge is 2.18. The average molecular weight is 296 g/mol. The summed E-state index contributed by atoms with van der Waals surface area (Å²) in [5.41, 5.74) is 3.15. The van der Waals surface area contributed by atoms with E-state index in [1.807, 2.05) is 63.5 Å². The third-order valence-electron chi connectivity index (χ3n) is 3.65. The molecule has 22 heavy (non-hydrogen) atoms. The first-order valence-corrected chi connectivity index (χ1v) is 7.69. The van der Waals surface area contributed by atoms with Crippen molar-refractivity contribution in [1.82, 2.24) is 4.90 Å². The van der Waals surface area contributed by atoms with Gasteiger partial charge in [0.05, 0.1) is 5.92 Å². The molecule has 0 heterocycles. The van der Waals surface area contributed by atoms with Gasteiger partial charge in [0.2, 0.25) is 5.91 Å². The van der Waals surface area contributed by atoms with Crippen LogP contribution in [0.3, 0.4) is 0 Å². The lowest BCUT2D eigenvalue weighted by Crippen LogP contribution is -2.20. The van der Waals surface area contributed by atoms with Gasteiger partial charge >= 0.3 is 0 Å². The Kier molecular flexibility index (Phi) is 5.73. The molecule has 3 nitrogen and oxygen atoms in total. The Labute approximate surface area is 133 Å². The number of carbonyl (C=O) groups excluding carboxylic acids is 1. The van der Waals surface area contributed by atoms with Crippen molar-refractivity contribution >= 4 is 11.6 Å². The molecule has 0 bridgehead atoms. The zero-order chi connectivity index (χ0) is 15.9. The van der Waals surface area contributed by atoms with Crippen LogP contribution < -0.4 is 5.32 Å². The van der Waals surface area contributed by atoms with Crippen LogP contribution in [-0.4, -0.2) is 24.9 Å². The zero-order valence-electron chi connectivity index (χ0n) is 13.5. The Morgan fingerprint density at radius 1 is 1.05 bits per heavy atom. The molecule has 116 valence electrons. The summed E-state index contributed by atoms with van der Waals surface area (Å²) < 4.78 is 0. The average Bonchev–Trinajstić information content (AvgIpc) is 2.50. The van der Waals surface area contributed by atoms with Crippen LogP contribution in [0, 0.1) is 0 Å². The topological polar surface area (TPSA) is 32.3 Å². The maximum atomic E-state index is 12.5. The summed E-state index contributed by atoms with van der Waals surface area (Å²) in [5, 5.41) is 3.02. The van der Waals surface area contributed by atoms with Gasteiger partial charge in [-0.1, -0.05) is 49.4 Å². The van der Waals surface area contributed by atoms with E-state index in [2.05, 4.69) is 22.3 Å². The van der Waals surface area contributed by atoms with E-state index in [-0.39, 0.29) is 11.8 Å². The van der Waals surface area contributed by atoms with Gasteiger partial charge in [0.15, 0.2) is 0 Å². The molecule has 0 aliphatic carbocycles. The van der Waals surface area contributed by atoms with Crippen LogP contribution in [0.5, 0.6) is 0 Å². The van der Waals surface area contributed by atoms with Crippen LogP contribution >= 0.6 is 0 Å². The van der Waals surface area contributed by atoms with E-state index in [1.54, 1.807) is 0 Å². The summed E-state index contributed by atoms with van der Waals surface area (Å²) >= 11 is 0. The molecule has 1 amide bonds. The quantitative estimate of drug-likeness (QED) is 0.877. The molecule has 0 saturated carbocycles. The molecule has 0 radical (unpaired) electrons. The van der Waals surface area contributed by atoms with E-state index >= 15 is 0 Å². The minimum Gasteiger partial charge on any atom is -0.326 e. The van der Waals surface area contributed by atoms with Gasteiger partial charge in [-0.05, 0) is 43.8 Å². The van der Waals surface area contributed by atoms with E-state index in [1.165, 1.54) is 5.56 Å². The predicted molar refractivity (Wildman–Crippen MR) is 91.9 cm³/mol. The monoisotopic (exact) mass is 296 g/mol. The van der Waals surface area contributed by atoms with E-state index in [9.17, 15) is 4.79 Å². The Bertz CT molecular complexity index is 591. The lowest BCUT2D eigenvalue weighted by Gasteiger charge is -2.16. The van der Waals surface area contributed by atoms with Gasteiger partial charge < -0.3 is 10.2 Å². The Balaban J connectivity index is 2.04. The van der Waals surface area contributed by atoms with Crippen LogP contribution in [0.1, 0.15) is 30.4 Å². The molecule has 2 rings (SSSR count). The van der Waals surface area contributed by atoms with Gasteiger partial charge in [0, 0.05) is 12.2 Å². The fourth-order valence-corrected chi connectivity index (χ4v) is 2.55. The molecular weight excluding hydrogens is 272 g/mol. The van der Waals surface area contributed by atoms with E-state index in [0.717, 1.165) is 24.2 Å². The standard InChI is InChI=1S/C19H24N2O/c1-4-18(16-8-6-5-7-9-16)19(22)20-17-12-10-15(11-13-17)14-21(2)3/h5-13,18H,4,14H2,1-3H3,(H,20,22). The Hall–Kier alpha value is -2.13. The molecule has 0 spiro atoms. The number of benzene rings is 2. The number of nitrogens with zero attached hydrogens (tertiary/aromatic N) is 1. The highest BCUT2D eigenvalue weighted by Crippen LogP contribution is 2.21. The smallest absolute Gasteiger partial charge is 0.231 e. The number of anilines is 1. The highest BCUT2D eigenvalue weighted by molar-refractivity contribution is 5.95. The summed E-state index contributed by atoms with van der Waals surface area (Å²) in [7, 11) is 4.09. The first-order chi connectivity index (χ1) is 10.6. The fraction of sp³-hybridized carbons (Fsp3) is 0.316. The first kappa shape index (κ1) is 16.2. The van der Waals surface area contributed by atoms with Gasteiger partial charge in [0.1, 0.15) is 0 Å². The fourth-order valence-electron chi connectivity index (χ4n) is 2.55. The molecule has 1 unspecified atom stereocenters. The van der Waals surface area contributed by atoms with Crippen molar-refractivity contribution in [1.29, 1.82) is 0 Å². The van der Waals surface area contributed by atoms with Crippen molar-refractivity contribution in [2.45, 2.75) is 25.8 Å². The van der Waals surface area contributed by atoms with Gasteiger partial charge in [-0.3, -0.25) is 4.79 Å². The molecule has 3 heteroatoms. The summed E-state index contributed by atoms with van der Waals surface area (Å²) in [6.07, 6.45) is 0.786. The van der Waals surface area contributed by atoms with Gasteiger partial charge in [-0.15, -0.1) is 0 Å². The molecule has 2 aromatic rings. The van der Waals surface area contributed by atoms with Crippen molar-refractivity contribution in [3.05, 3.63) is 65.7 Å². The minimum absolute atomic E-state index is 0.0501. The maximum Gasteiger partial charge on any atom is 0.231 e. The second-order valence-electron chi connectivity index (χ2n) is 5.80. The molecule has 1 atom stereocenters. The number of amides is 1. The second kappa shape index (κ2) is 7.76. The lowest BCUT2D eigenvalue weighted by atomic mass is 9.95. The summed E-state index contributed by atoms with van der Waals surface area (Å²) in [6.45, 7) is 2.94. The highest BCUT2D eigenvalue weighted by atomic mass is 16.1. The van der Waals surface area contributed by atoms with Gasteiger partial charge in [-0.25, -0.2) is 0 Å². The summed E-state index contributed by atoms with van der Waals surface area (Å²) in [5.74, 6) is -0.0586. The van der Waals surface area contributed by atoms with Crippen LogP contribution in [0.4, 0.5) is 5.69 Å². The molecule has 0 aliphatic heterocycles. The molecule has 0 aliphatic rings. The number of hydrogen-bond acceptors (Lipinski definition) is 2. The van der Waals surface area contributed by atoms with E-state index in [0.29, 0.717) is 0 Å². The first-order valence-electron chi connectivity index (χ1n) is 7.69. The maximum absolute atomic E-state index is 12.5. The van der Waals surface area contributed by atoms with Crippen LogP contribution in [0.2, 0.25) is 0 Å². The van der Waals surface area contributed by atoms with Crippen molar-refractivity contribution in [3.8, 4) is 0 Å². The molecule has 0 saturated heterocycles. The van der Waals surface area contributed by atoms with Crippen molar-refractivity contribution in [2.75, 3.05) is 19.4 Å². The van der Waals surface area contributed by atoms with Crippen LogP contribution in [-0.2, 0) is 11.3 Å². The number of hydrogen-bond donors (Lipinski definition) is 1. The van der Waals surface area contributed by atoms with Gasteiger partial charge in [-0.2, -0.15) is 0 Å². The molecule has 0 fully saturated rings. The molecule has 0 aromatic heterocycles. The van der Waals surface area contributed by atoms with E-state index < -0.39 is 0 Å². The largest absolute Gasteiger partial charge is 0.326 e. The predicted octanol–water partition coefficient (Wildman–Crippen LogP) is 3.88. The number of rotatable bonds is 6. The normalized spacial score (nSPS) is 12.2. The van der Waals surface area contributed by atoms with Crippen LogP contribution in [0.15, 0.2) is 54.6 Å². The summed E-state index contributed by atoms with van der Waals surface area (Å²) in [4.78, 5) is 14.6. The van der Waals surface area contributed by atoms with Crippen LogP contribution in [0.25, 0.3) is 0 Å². The number of nitrogens with one attached hydrogen (secondary N) is 1. The third-order valence-corrected chi connectivity index (χ3v) is 3.65. The Morgan fingerprint density at radius 2 is 1.68 bits per heavy atom. The molecular formula is C19H24N2O. The Morgan fingerprint density at radius 3 is 2.23 bits per heavy atom. The van der Waals surface area contributed by atoms with Crippen molar-refractivity contribution < 1.29 is 4.79 Å².